The molecule has 1 aliphatic carbocycles. The van der Waals surface area contributed by atoms with Gasteiger partial charge in [0, 0.05) is 4.88 Å². The maximum Gasteiger partial charge on any atom is 0.376 e. The SMILES string of the molecule is CCCc1nc(-c2cc3c(s2)CCCC3)oc1C(=O)OC. The summed E-state index contributed by atoms with van der Waals surface area (Å²) in [5.74, 6) is 0.359. The zero-order valence-electron chi connectivity index (χ0n) is 12.4. The lowest BCUT2D eigenvalue weighted by Crippen LogP contribution is -2.03. The van der Waals surface area contributed by atoms with Crippen molar-refractivity contribution in [2.24, 2.45) is 0 Å². The second-order valence-corrected chi connectivity index (χ2v) is 6.44. The van der Waals surface area contributed by atoms with Crippen LogP contribution in [0.25, 0.3) is 10.8 Å². The fraction of sp³-hybridized carbons (Fsp3) is 0.500. The van der Waals surface area contributed by atoms with Crippen LogP contribution in [0.2, 0.25) is 0 Å². The normalized spacial score (nSPS) is 14.0. The van der Waals surface area contributed by atoms with Crippen molar-refractivity contribution in [2.45, 2.75) is 45.4 Å². The molecule has 0 aromatic carbocycles. The number of hydrogen-bond acceptors (Lipinski definition) is 5. The number of carbonyl (C=O) groups is 1. The lowest BCUT2D eigenvalue weighted by atomic mass is 9.99. The first-order valence-corrected chi connectivity index (χ1v) is 8.24. The minimum absolute atomic E-state index is 0.251. The number of ether oxygens (including phenoxy) is 1. The molecule has 0 atom stereocenters. The summed E-state index contributed by atoms with van der Waals surface area (Å²) in [7, 11) is 1.37. The molecular formula is C16H19NO3S. The fourth-order valence-corrected chi connectivity index (χ4v) is 3.89. The molecule has 21 heavy (non-hydrogen) atoms. The molecule has 4 nitrogen and oxygen atoms in total. The summed E-state index contributed by atoms with van der Waals surface area (Å²) in [6.07, 6.45) is 6.43. The van der Waals surface area contributed by atoms with E-state index < -0.39 is 5.97 Å². The first-order valence-electron chi connectivity index (χ1n) is 7.43. The number of oxazole rings is 1. The maximum absolute atomic E-state index is 11.8. The number of aromatic nitrogens is 1. The van der Waals surface area contributed by atoms with E-state index in [2.05, 4.69) is 18.0 Å². The van der Waals surface area contributed by atoms with Crippen molar-refractivity contribution < 1.29 is 13.9 Å². The van der Waals surface area contributed by atoms with Gasteiger partial charge >= 0.3 is 5.97 Å². The number of rotatable bonds is 4. The van der Waals surface area contributed by atoms with Crippen molar-refractivity contribution in [1.82, 2.24) is 4.98 Å². The molecule has 0 amide bonds. The average Bonchev–Trinajstić information content (AvgIpc) is 3.10. The van der Waals surface area contributed by atoms with E-state index in [1.165, 1.54) is 30.4 Å². The van der Waals surface area contributed by atoms with Gasteiger partial charge in [0.25, 0.3) is 0 Å². The molecule has 0 bridgehead atoms. The number of methoxy groups -OCH3 is 1. The highest BCUT2D eigenvalue weighted by Gasteiger charge is 2.23. The standard InChI is InChI=1S/C16H19NO3S/c1-3-6-11-14(16(18)19-2)20-15(17-11)13-9-10-7-4-5-8-12(10)21-13/h9H,3-8H2,1-2H3. The lowest BCUT2D eigenvalue weighted by molar-refractivity contribution is 0.0564. The van der Waals surface area contributed by atoms with E-state index >= 15 is 0 Å². The van der Waals surface area contributed by atoms with Crippen LogP contribution >= 0.6 is 11.3 Å². The van der Waals surface area contributed by atoms with Crippen LogP contribution in [0.3, 0.4) is 0 Å². The molecular weight excluding hydrogens is 286 g/mol. The van der Waals surface area contributed by atoms with Crippen molar-refractivity contribution in [1.29, 1.82) is 0 Å². The van der Waals surface area contributed by atoms with Gasteiger partial charge in [0.15, 0.2) is 0 Å². The van der Waals surface area contributed by atoms with Gasteiger partial charge in [-0.15, -0.1) is 11.3 Å². The molecule has 5 heteroatoms. The summed E-state index contributed by atoms with van der Waals surface area (Å²) >= 11 is 1.74. The van der Waals surface area contributed by atoms with Gasteiger partial charge in [-0.3, -0.25) is 0 Å². The molecule has 1 aliphatic rings. The Hall–Kier alpha value is -1.62. The Balaban J connectivity index is 1.98. The highest BCUT2D eigenvalue weighted by atomic mass is 32.1. The first-order chi connectivity index (χ1) is 10.2. The van der Waals surface area contributed by atoms with Crippen molar-refractivity contribution in [2.75, 3.05) is 7.11 Å². The zero-order chi connectivity index (χ0) is 14.8. The summed E-state index contributed by atoms with van der Waals surface area (Å²) in [5, 5.41) is 0. The van der Waals surface area contributed by atoms with E-state index in [0.717, 1.165) is 30.6 Å². The van der Waals surface area contributed by atoms with Crippen LogP contribution in [-0.2, 0) is 24.0 Å². The van der Waals surface area contributed by atoms with Crippen LogP contribution in [0.1, 0.15) is 52.9 Å². The molecule has 2 heterocycles. The largest absolute Gasteiger partial charge is 0.463 e. The second kappa shape index (κ2) is 6.02. The van der Waals surface area contributed by atoms with Crippen LogP contribution in [-0.4, -0.2) is 18.1 Å². The molecule has 0 N–H and O–H groups in total. The molecule has 0 spiro atoms. The quantitative estimate of drug-likeness (QED) is 0.801. The van der Waals surface area contributed by atoms with Gasteiger partial charge in [0.1, 0.15) is 0 Å². The Labute approximate surface area is 128 Å². The molecule has 3 rings (SSSR count). The Bertz CT molecular complexity index is 633. The maximum atomic E-state index is 11.8. The smallest absolute Gasteiger partial charge is 0.376 e. The van der Waals surface area contributed by atoms with E-state index in [-0.39, 0.29) is 5.76 Å². The Morgan fingerprint density at radius 2 is 2.24 bits per heavy atom. The predicted molar refractivity (Wildman–Crippen MR) is 81.8 cm³/mol. The molecule has 0 aliphatic heterocycles. The number of esters is 1. The van der Waals surface area contributed by atoms with Crippen LogP contribution < -0.4 is 0 Å². The first kappa shape index (κ1) is 14.3. The van der Waals surface area contributed by atoms with E-state index in [4.69, 9.17) is 9.15 Å². The molecule has 0 saturated carbocycles. The van der Waals surface area contributed by atoms with E-state index in [0.29, 0.717) is 11.6 Å². The number of carbonyl (C=O) groups excluding carboxylic acids is 1. The van der Waals surface area contributed by atoms with Crippen molar-refractivity contribution in [3.63, 3.8) is 0 Å². The molecule has 0 fully saturated rings. The Morgan fingerprint density at radius 3 is 2.95 bits per heavy atom. The van der Waals surface area contributed by atoms with E-state index in [1.54, 1.807) is 11.3 Å². The van der Waals surface area contributed by atoms with Gasteiger partial charge < -0.3 is 9.15 Å². The third-order valence-electron chi connectivity index (χ3n) is 3.76. The third-order valence-corrected chi connectivity index (χ3v) is 4.99. The van der Waals surface area contributed by atoms with Crippen LogP contribution in [0.5, 0.6) is 0 Å². The van der Waals surface area contributed by atoms with E-state index in [1.807, 2.05) is 0 Å². The summed E-state index contributed by atoms with van der Waals surface area (Å²) < 4.78 is 10.5. The van der Waals surface area contributed by atoms with Gasteiger partial charge in [-0.25, -0.2) is 9.78 Å². The summed E-state index contributed by atoms with van der Waals surface area (Å²) in [4.78, 5) is 18.8. The summed E-state index contributed by atoms with van der Waals surface area (Å²) in [6, 6.07) is 2.17. The average molecular weight is 305 g/mol. The minimum atomic E-state index is -0.446. The van der Waals surface area contributed by atoms with E-state index in [9.17, 15) is 4.79 Å². The third kappa shape index (κ3) is 2.75. The number of hydrogen-bond donors (Lipinski definition) is 0. The number of thiophene rings is 1. The van der Waals surface area contributed by atoms with Crippen LogP contribution in [0, 0.1) is 0 Å². The van der Waals surface area contributed by atoms with Gasteiger partial charge in [-0.1, -0.05) is 13.3 Å². The minimum Gasteiger partial charge on any atom is -0.463 e. The van der Waals surface area contributed by atoms with Crippen molar-refractivity contribution >= 4 is 17.3 Å². The highest BCUT2D eigenvalue weighted by molar-refractivity contribution is 7.15. The number of nitrogens with zero attached hydrogens (tertiary/aromatic N) is 1. The van der Waals surface area contributed by atoms with Crippen molar-refractivity contribution in [3.05, 3.63) is 28.0 Å². The molecule has 2 aromatic heterocycles. The molecule has 0 saturated heterocycles. The van der Waals surface area contributed by atoms with Gasteiger partial charge in [-0.05, 0) is 43.7 Å². The summed E-state index contributed by atoms with van der Waals surface area (Å²) in [5.41, 5.74) is 2.11. The van der Waals surface area contributed by atoms with Crippen molar-refractivity contribution in [3.8, 4) is 10.8 Å². The predicted octanol–water partition coefficient (Wildman–Crippen LogP) is 4.02. The zero-order valence-corrected chi connectivity index (χ0v) is 13.2. The topological polar surface area (TPSA) is 52.3 Å². The van der Waals surface area contributed by atoms with Gasteiger partial charge in [-0.2, -0.15) is 0 Å². The van der Waals surface area contributed by atoms with Crippen LogP contribution in [0.15, 0.2) is 10.5 Å². The van der Waals surface area contributed by atoms with Gasteiger partial charge in [0.2, 0.25) is 11.7 Å². The number of aryl methyl sites for hydroxylation is 3. The Kier molecular flexibility index (Phi) is 4.10. The monoisotopic (exact) mass is 305 g/mol. The summed E-state index contributed by atoms with van der Waals surface area (Å²) in [6.45, 7) is 2.05. The highest BCUT2D eigenvalue weighted by Crippen LogP contribution is 2.36. The molecule has 112 valence electrons. The second-order valence-electron chi connectivity index (χ2n) is 5.30. The molecule has 0 unspecified atom stereocenters. The Morgan fingerprint density at radius 1 is 1.43 bits per heavy atom. The van der Waals surface area contributed by atoms with Crippen LogP contribution in [0.4, 0.5) is 0 Å². The van der Waals surface area contributed by atoms with Gasteiger partial charge in [0.05, 0.1) is 17.7 Å². The lowest BCUT2D eigenvalue weighted by Gasteiger charge is -2.08. The molecule has 0 radical (unpaired) electrons. The molecule has 2 aromatic rings. The fourth-order valence-electron chi connectivity index (χ4n) is 2.71. The number of fused-ring (bicyclic) bond motifs is 1.